The maximum atomic E-state index is 12.0. The number of anilines is 3. The van der Waals surface area contributed by atoms with E-state index >= 15 is 0 Å². The number of amides is 3. The van der Waals surface area contributed by atoms with Gasteiger partial charge >= 0.3 is 6.03 Å². The van der Waals surface area contributed by atoms with E-state index in [4.69, 9.17) is 0 Å². The molecule has 0 aliphatic heterocycles. The fourth-order valence-electron chi connectivity index (χ4n) is 1.98. The van der Waals surface area contributed by atoms with E-state index in [0.29, 0.717) is 17.8 Å². The number of nitrogens with one attached hydrogen (secondary N) is 3. The van der Waals surface area contributed by atoms with Crippen LogP contribution in [-0.2, 0) is 4.79 Å². The maximum absolute atomic E-state index is 12.0. The molecule has 0 unspecified atom stereocenters. The van der Waals surface area contributed by atoms with Crippen LogP contribution >= 0.6 is 0 Å². The number of phenols is 1. The van der Waals surface area contributed by atoms with E-state index in [9.17, 15) is 14.7 Å². The Hall–Kier alpha value is -3.02. The number of hydrogen-bond donors (Lipinski definition) is 4. The quantitative estimate of drug-likeness (QED) is 0.649. The van der Waals surface area contributed by atoms with E-state index in [2.05, 4.69) is 16.0 Å². The second-order valence-corrected chi connectivity index (χ2v) is 5.03. The van der Waals surface area contributed by atoms with Gasteiger partial charge in [0.25, 0.3) is 0 Å². The van der Waals surface area contributed by atoms with E-state index in [1.807, 2.05) is 18.2 Å². The molecule has 4 N–H and O–H groups in total. The van der Waals surface area contributed by atoms with Crippen molar-refractivity contribution in [2.24, 2.45) is 0 Å². The number of urea groups is 1. The zero-order chi connectivity index (χ0) is 16.8. The lowest BCUT2D eigenvalue weighted by molar-refractivity contribution is -0.115. The summed E-state index contributed by atoms with van der Waals surface area (Å²) in [6.07, 6.45) is 0.347. The fourth-order valence-corrected chi connectivity index (χ4v) is 1.98. The van der Waals surface area contributed by atoms with E-state index < -0.39 is 6.03 Å². The van der Waals surface area contributed by atoms with Gasteiger partial charge in [0.05, 0.1) is 5.69 Å². The topological polar surface area (TPSA) is 90.5 Å². The Morgan fingerprint density at radius 3 is 2.35 bits per heavy atom. The third kappa shape index (κ3) is 4.47. The molecule has 0 saturated carbocycles. The summed E-state index contributed by atoms with van der Waals surface area (Å²) in [6, 6.07) is 11.5. The number of aromatic hydroxyl groups is 1. The van der Waals surface area contributed by atoms with Gasteiger partial charge < -0.3 is 21.1 Å². The predicted octanol–water partition coefficient (Wildman–Crippen LogP) is 3.69. The van der Waals surface area contributed by atoms with Gasteiger partial charge in [-0.2, -0.15) is 0 Å². The van der Waals surface area contributed by atoms with E-state index in [1.54, 1.807) is 32.0 Å². The molecule has 2 rings (SSSR count). The first-order chi connectivity index (χ1) is 11.0. The van der Waals surface area contributed by atoms with Gasteiger partial charge in [-0.3, -0.25) is 4.79 Å². The van der Waals surface area contributed by atoms with Crippen LogP contribution in [0.15, 0.2) is 42.5 Å². The van der Waals surface area contributed by atoms with Gasteiger partial charge in [-0.15, -0.1) is 0 Å². The minimum absolute atomic E-state index is 0.120. The third-order valence-electron chi connectivity index (χ3n) is 3.22. The lowest BCUT2D eigenvalue weighted by Gasteiger charge is -2.13. The number of rotatable bonds is 4. The molecule has 120 valence electrons. The fraction of sp³-hybridized carbons (Fsp3) is 0.176. The van der Waals surface area contributed by atoms with Crippen molar-refractivity contribution in [1.29, 1.82) is 0 Å². The van der Waals surface area contributed by atoms with Gasteiger partial charge in [0, 0.05) is 23.9 Å². The van der Waals surface area contributed by atoms with Crippen LogP contribution in [0.2, 0.25) is 0 Å². The summed E-state index contributed by atoms with van der Waals surface area (Å²) in [5.74, 6) is -0.264. The van der Waals surface area contributed by atoms with E-state index in [-0.39, 0.29) is 17.3 Å². The molecule has 0 bridgehead atoms. The lowest BCUT2D eigenvalue weighted by Crippen LogP contribution is -2.19. The van der Waals surface area contributed by atoms with Crippen molar-refractivity contribution in [3.63, 3.8) is 0 Å². The van der Waals surface area contributed by atoms with Crippen LogP contribution in [0.25, 0.3) is 0 Å². The van der Waals surface area contributed by atoms with E-state index in [0.717, 1.165) is 5.56 Å². The molecule has 6 nitrogen and oxygen atoms in total. The summed E-state index contributed by atoms with van der Waals surface area (Å²) in [5.41, 5.74) is 2.17. The Morgan fingerprint density at radius 1 is 1.00 bits per heavy atom. The summed E-state index contributed by atoms with van der Waals surface area (Å²) in [5, 5.41) is 18.0. The maximum Gasteiger partial charge on any atom is 0.323 e. The van der Waals surface area contributed by atoms with Crippen LogP contribution in [0.5, 0.6) is 5.75 Å². The molecule has 0 aromatic heterocycles. The monoisotopic (exact) mass is 313 g/mol. The van der Waals surface area contributed by atoms with Gasteiger partial charge in [-0.1, -0.05) is 25.1 Å². The summed E-state index contributed by atoms with van der Waals surface area (Å²) < 4.78 is 0. The summed E-state index contributed by atoms with van der Waals surface area (Å²) in [6.45, 7) is 3.53. The average Bonchev–Trinajstić information content (AvgIpc) is 2.53. The van der Waals surface area contributed by atoms with Crippen molar-refractivity contribution in [2.45, 2.75) is 20.3 Å². The van der Waals surface area contributed by atoms with Gasteiger partial charge in [0.15, 0.2) is 0 Å². The molecule has 0 saturated heterocycles. The highest BCUT2D eigenvalue weighted by molar-refractivity contribution is 6.01. The molecule has 23 heavy (non-hydrogen) atoms. The smallest absolute Gasteiger partial charge is 0.323 e. The molecule has 0 fully saturated rings. The van der Waals surface area contributed by atoms with Crippen molar-refractivity contribution in [2.75, 3.05) is 16.0 Å². The number of phenolic OH excluding ortho intramolecular Hbond substituents is 1. The van der Waals surface area contributed by atoms with Crippen LogP contribution in [0, 0.1) is 6.92 Å². The zero-order valence-corrected chi connectivity index (χ0v) is 13.0. The Bertz CT molecular complexity index is 715. The number of hydrogen-bond acceptors (Lipinski definition) is 3. The molecule has 0 radical (unpaired) electrons. The van der Waals surface area contributed by atoms with E-state index in [1.165, 1.54) is 6.07 Å². The molecule has 2 aromatic rings. The summed E-state index contributed by atoms with van der Waals surface area (Å²) in [7, 11) is 0. The minimum atomic E-state index is -0.462. The van der Waals surface area contributed by atoms with Crippen LogP contribution in [-0.4, -0.2) is 17.0 Å². The minimum Gasteiger partial charge on any atom is -0.506 e. The van der Waals surface area contributed by atoms with Gasteiger partial charge in [-0.25, -0.2) is 4.79 Å². The molecule has 0 aliphatic carbocycles. The molecule has 0 atom stereocenters. The first-order valence-electron chi connectivity index (χ1n) is 7.26. The number of aryl methyl sites for hydroxylation is 1. The number of carbonyl (C=O) groups excluding carboxylic acids is 2. The summed E-state index contributed by atoms with van der Waals surface area (Å²) >= 11 is 0. The molecule has 0 heterocycles. The highest BCUT2D eigenvalue weighted by Crippen LogP contribution is 2.30. The van der Waals surface area contributed by atoms with Gasteiger partial charge in [0.2, 0.25) is 5.91 Å². The number of para-hydroxylation sites is 1. The van der Waals surface area contributed by atoms with Crippen LogP contribution in [0.3, 0.4) is 0 Å². The number of carbonyl (C=O) groups is 2. The van der Waals surface area contributed by atoms with Crippen molar-refractivity contribution in [3.8, 4) is 5.75 Å². The summed E-state index contributed by atoms with van der Waals surface area (Å²) in [4.78, 5) is 23.4. The van der Waals surface area contributed by atoms with Crippen molar-refractivity contribution in [1.82, 2.24) is 0 Å². The molecule has 2 aromatic carbocycles. The highest BCUT2D eigenvalue weighted by atomic mass is 16.3. The molecule has 3 amide bonds. The highest BCUT2D eigenvalue weighted by Gasteiger charge is 2.11. The molecule has 0 spiro atoms. The first kappa shape index (κ1) is 16.4. The van der Waals surface area contributed by atoms with Gasteiger partial charge in [-0.05, 0) is 30.7 Å². The van der Waals surface area contributed by atoms with Crippen molar-refractivity contribution >= 4 is 29.0 Å². The predicted molar refractivity (Wildman–Crippen MR) is 90.8 cm³/mol. The van der Waals surface area contributed by atoms with Crippen molar-refractivity contribution < 1.29 is 14.7 Å². The second-order valence-electron chi connectivity index (χ2n) is 5.03. The van der Waals surface area contributed by atoms with Crippen molar-refractivity contribution in [3.05, 3.63) is 48.0 Å². The second kappa shape index (κ2) is 7.31. The van der Waals surface area contributed by atoms with Gasteiger partial charge in [0.1, 0.15) is 5.75 Å². The molecule has 6 heteroatoms. The third-order valence-corrected chi connectivity index (χ3v) is 3.22. The first-order valence-corrected chi connectivity index (χ1v) is 7.26. The van der Waals surface area contributed by atoms with Crippen LogP contribution in [0.1, 0.15) is 18.9 Å². The lowest BCUT2D eigenvalue weighted by atomic mass is 10.1. The Balaban J connectivity index is 2.09. The number of benzene rings is 2. The molecular formula is C17H19N3O3. The van der Waals surface area contributed by atoms with Crippen LogP contribution in [0.4, 0.5) is 21.9 Å². The Kier molecular flexibility index (Phi) is 5.19. The molecule has 0 aliphatic rings. The normalized spacial score (nSPS) is 10.0. The van der Waals surface area contributed by atoms with Crippen LogP contribution < -0.4 is 16.0 Å². The largest absolute Gasteiger partial charge is 0.506 e. The Morgan fingerprint density at radius 2 is 1.70 bits per heavy atom. The molecular weight excluding hydrogens is 294 g/mol. The zero-order valence-electron chi connectivity index (χ0n) is 13.0. The standard InChI is InChI=1S/C17H19N3O3/c1-3-16(22)19-13-10-15(21)14(9-11(13)2)20-17(23)18-12-7-5-4-6-8-12/h4-10,21H,3H2,1-2H3,(H,19,22)(H2,18,20,23). The SMILES string of the molecule is CCC(=O)Nc1cc(O)c(NC(=O)Nc2ccccc2)cc1C. The Labute approximate surface area is 134 Å². The average molecular weight is 313 g/mol.